The maximum atomic E-state index is 14.6. The van der Waals surface area contributed by atoms with Gasteiger partial charge in [0.05, 0.1) is 37.4 Å². The van der Waals surface area contributed by atoms with Crippen molar-refractivity contribution in [3.63, 3.8) is 0 Å². The second kappa shape index (κ2) is 15.5. The molecule has 4 heterocycles. The number of aromatic nitrogens is 1. The largest absolute Gasteiger partial charge is 0.508 e. The Balaban J connectivity index is 1.23. The van der Waals surface area contributed by atoms with Gasteiger partial charge in [0.25, 0.3) is 5.91 Å². The number of benzene rings is 3. The van der Waals surface area contributed by atoms with E-state index in [0.29, 0.717) is 31.9 Å². The highest BCUT2D eigenvalue weighted by Crippen LogP contribution is 2.32. The van der Waals surface area contributed by atoms with Crippen molar-refractivity contribution in [3.8, 4) is 5.75 Å². The van der Waals surface area contributed by atoms with Gasteiger partial charge < -0.3 is 29.5 Å². The molecule has 2 atom stereocenters. The molecule has 53 heavy (non-hydrogen) atoms. The van der Waals surface area contributed by atoms with Crippen molar-refractivity contribution in [2.75, 3.05) is 45.9 Å². The Morgan fingerprint density at radius 2 is 1.74 bits per heavy atom. The fraction of sp³-hybridized carbons (Fsp3) is 0.333. The van der Waals surface area contributed by atoms with E-state index in [9.17, 15) is 24.3 Å². The Morgan fingerprint density at radius 1 is 0.981 bits per heavy atom. The minimum Gasteiger partial charge on any atom is -0.508 e. The number of aromatic hydroxyl groups is 1. The van der Waals surface area contributed by atoms with Gasteiger partial charge in [-0.1, -0.05) is 66.7 Å². The van der Waals surface area contributed by atoms with Crippen molar-refractivity contribution in [2.45, 2.75) is 31.7 Å². The van der Waals surface area contributed by atoms with E-state index in [0.717, 1.165) is 27.6 Å². The number of amides is 5. The molecular weight excluding hydrogens is 676 g/mol. The third-order valence-corrected chi connectivity index (χ3v) is 9.99. The van der Waals surface area contributed by atoms with Crippen LogP contribution in [0.3, 0.4) is 0 Å². The zero-order valence-electron chi connectivity index (χ0n) is 29.7. The van der Waals surface area contributed by atoms with Crippen molar-refractivity contribution in [1.29, 1.82) is 0 Å². The number of phenols is 1. The molecule has 7 rings (SSSR count). The third kappa shape index (κ3) is 7.47. The topological polar surface area (TPSA) is 143 Å². The number of fused-ring (bicyclic) bond motifs is 2. The summed E-state index contributed by atoms with van der Waals surface area (Å²) in [7, 11) is 1.87. The van der Waals surface area contributed by atoms with Crippen molar-refractivity contribution in [1.82, 2.24) is 40.1 Å². The fourth-order valence-corrected chi connectivity index (χ4v) is 7.50. The molecule has 3 aromatic carbocycles. The maximum absolute atomic E-state index is 14.6. The van der Waals surface area contributed by atoms with Crippen LogP contribution in [-0.4, -0.2) is 116 Å². The highest BCUT2D eigenvalue weighted by molar-refractivity contribution is 6.07. The van der Waals surface area contributed by atoms with Crippen LogP contribution >= 0.6 is 0 Å². The van der Waals surface area contributed by atoms with Gasteiger partial charge in [0.1, 0.15) is 18.0 Å². The number of carbonyl (C=O) groups is 4. The van der Waals surface area contributed by atoms with Crippen LogP contribution in [0.1, 0.15) is 27.0 Å². The second-order valence-electron chi connectivity index (χ2n) is 13.5. The summed E-state index contributed by atoms with van der Waals surface area (Å²) in [6.45, 7) is 6.76. The molecule has 3 N–H and O–H groups in total. The Labute approximate surface area is 307 Å². The minimum absolute atomic E-state index is 0.0498. The first-order valence-electron chi connectivity index (χ1n) is 17.8. The van der Waals surface area contributed by atoms with E-state index in [1.54, 1.807) is 56.4 Å². The predicted molar refractivity (Wildman–Crippen MR) is 197 cm³/mol. The summed E-state index contributed by atoms with van der Waals surface area (Å²) in [6, 6.07) is 20.5. The van der Waals surface area contributed by atoms with Crippen molar-refractivity contribution >= 4 is 34.7 Å². The number of piperazine rings is 1. The van der Waals surface area contributed by atoms with Crippen LogP contribution < -0.4 is 10.7 Å². The van der Waals surface area contributed by atoms with Gasteiger partial charge >= 0.3 is 6.03 Å². The Morgan fingerprint density at radius 3 is 2.47 bits per heavy atom. The molecule has 4 aromatic rings. The van der Waals surface area contributed by atoms with Crippen molar-refractivity contribution in [2.24, 2.45) is 7.05 Å². The number of hydrogen-bond acceptors (Lipinski definition) is 8. The highest BCUT2D eigenvalue weighted by atomic mass is 16.5. The summed E-state index contributed by atoms with van der Waals surface area (Å²) >= 11 is 0. The number of morpholine rings is 1. The molecule has 0 saturated carbocycles. The number of rotatable bonds is 10. The molecule has 0 aliphatic carbocycles. The molecule has 0 radical (unpaired) electrons. The van der Waals surface area contributed by atoms with Crippen LogP contribution in [0, 0.1) is 0 Å². The first-order chi connectivity index (χ1) is 25.7. The van der Waals surface area contributed by atoms with Crippen LogP contribution in [0.2, 0.25) is 0 Å². The molecule has 3 aliphatic rings. The third-order valence-electron chi connectivity index (χ3n) is 9.99. The Kier molecular flexibility index (Phi) is 10.4. The normalized spacial score (nSPS) is 19.7. The zero-order chi connectivity index (χ0) is 37.1. The van der Waals surface area contributed by atoms with E-state index in [1.807, 2.05) is 65.2 Å². The van der Waals surface area contributed by atoms with E-state index in [-0.39, 0.29) is 62.6 Å². The first-order valence-corrected chi connectivity index (χ1v) is 17.8. The number of nitrogens with zero attached hydrogens (tertiary/aromatic N) is 6. The standard InChI is InChI=1S/C39H44N8O6/c1-3-16-45-26-35(49)46-33(21-27-12-14-30(48)15-13-27)38(51)43(25-34(46)47(45)39(52)40-22-28-8-5-4-6-9-28)23-29-10-7-11-31-32(24-42(2)36(29)31)37(50)41-44-17-19-53-20-18-44/h3-15,24,33-34,48H,1,16-23,25-26H2,2H3,(H,40,52)(H,41,50)/t33-,34-/m0/s1. The van der Waals surface area contributed by atoms with Gasteiger partial charge in [0.2, 0.25) is 11.8 Å². The predicted octanol–water partition coefficient (Wildman–Crippen LogP) is 2.60. The van der Waals surface area contributed by atoms with Crippen molar-refractivity contribution < 1.29 is 29.0 Å². The molecule has 14 heteroatoms. The number of para-hydroxylation sites is 1. The lowest BCUT2D eigenvalue weighted by Gasteiger charge is -2.55. The van der Waals surface area contributed by atoms with E-state index in [2.05, 4.69) is 17.3 Å². The Hall–Kier alpha value is -5.70. The lowest BCUT2D eigenvalue weighted by Crippen LogP contribution is -2.76. The summed E-state index contributed by atoms with van der Waals surface area (Å²) in [4.78, 5) is 59.4. The van der Waals surface area contributed by atoms with Gasteiger partial charge in [0, 0.05) is 57.8 Å². The number of ether oxygens (including phenoxy) is 1. The summed E-state index contributed by atoms with van der Waals surface area (Å²) in [6.07, 6.45) is 2.79. The molecular formula is C39H44N8O6. The van der Waals surface area contributed by atoms with Crippen LogP contribution in [0.15, 0.2) is 91.6 Å². The molecule has 0 spiro atoms. The average Bonchev–Trinajstić information content (AvgIpc) is 3.51. The van der Waals surface area contributed by atoms with Crippen molar-refractivity contribution in [3.05, 3.63) is 114 Å². The number of urea groups is 1. The van der Waals surface area contributed by atoms with Gasteiger partial charge in [-0.25, -0.2) is 19.8 Å². The van der Waals surface area contributed by atoms with E-state index < -0.39 is 18.2 Å². The quantitative estimate of drug-likeness (QED) is 0.213. The summed E-state index contributed by atoms with van der Waals surface area (Å²) < 4.78 is 7.31. The zero-order valence-corrected chi connectivity index (χ0v) is 29.7. The maximum Gasteiger partial charge on any atom is 0.334 e. The van der Waals surface area contributed by atoms with Crippen LogP contribution in [0.5, 0.6) is 5.75 Å². The molecule has 0 unspecified atom stereocenters. The molecule has 3 fully saturated rings. The molecule has 0 bridgehead atoms. The minimum atomic E-state index is -0.927. The van der Waals surface area contributed by atoms with Gasteiger partial charge in [-0.15, -0.1) is 6.58 Å². The highest BCUT2D eigenvalue weighted by Gasteiger charge is 2.51. The van der Waals surface area contributed by atoms with E-state index >= 15 is 0 Å². The fourth-order valence-electron chi connectivity index (χ4n) is 7.50. The molecule has 3 saturated heterocycles. The Bertz CT molecular complexity index is 1990. The second-order valence-corrected chi connectivity index (χ2v) is 13.5. The number of carbonyl (C=O) groups excluding carboxylic acids is 4. The average molecular weight is 721 g/mol. The summed E-state index contributed by atoms with van der Waals surface area (Å²) in [5.74, 6) is -0.678. The van der Waals surface area contributed by atoms with E-state index in [1.165, 1.54) is 0 Å². The van der Waals surface area contributed by atoms with Crippen LogP contribution in [-0.2, 0) is 40.9 Å². The number of phenolic OH excluding ortho intramolecular Hbond substituents is 1. The molecule has 3 aliphatic heterocycles. The van der Waals surface area contributed by atoms with Gasteiger partial charge in [-0.2, -0.15) is 0 Å². The van der Waals surface area contributed by atoms with Gasteiger partial charge in [-0.3, -0.25) is 19.8 Å². The lowest BCUT2D eigenvalue weighted by molar-refractivity contribution is -0.189. The molecule has 276 valence electrons. The monoisotopic (exact) mass is 720 g/mol. The summed E-state index contributed by atoms with van der Waals surface area (Å²) in [5, 5.41) is 18.8. The molecule has 1 aromatic heterocycles. The number of nitrogens with one attached hydrogen (secondary N) is 2. The van der Waals surface area contributed by atoms with Gasteiger partial charge in [0.15, 0.2) is 0 Å². The first kappa shape index (κ1) is 35.7. The smallest absolute Gasteiger partial charge is 0.334 e. The van der Waals surface area contributed by atoms with Gasteiger partial charge in [-0.05, 0) is 28.8 Å². The molecule has 5 amide bonds. The number of hydrogen-bond donors (Lipinski definition) is 3. The van der Waals surface area contributed by atoms with Crippen LogP contribution in [0.25, 0.3) is 10.9 Å². The van der Waals surface area contributed by atoms with E-state index in [4.69, 9.17) is 4.74 Å². The number of aryl methyl sites for hydroxylation is 1. The number of hydrazine groups is 2. The lowest BCUT2D eigenvalue weighted by atomic mass is 9.98. The molecule has 14 nitrogen and oxygen atoms in total. The van der Waals surface area contributed by atoms with Crippen LogP contribution in [0.4, 0.5) is 4.79 Å². The summed E-state index contributed by atoms with van der Waals surface area (Å²) in [5.41, 5.74) is 6.79. The SMILES string of the molecule is C=CCN1CC(=O)N2[C@@H](Cc3ccc(O)cc3)C(=O)N(Cc3cccc4c(C(=O)NN5CCOCC5)cn(C)c34)C[C@@H]2N1C(=O)NCc1ccccc1.